The molecule has 0 spiro atoms. The van der Waals surface area contributed by atoms with Crippen LogP contribution in [0.3, 0.4) is 0 Å². The SMILES string of the molecule is CC(C)n1nc(N2CCCCC2CNc2ncnc3nc[nH]c23)ccc1=O. The third kappa shape index (κ3) is 3.49. The second-order valence-corrected chi connectivity index (χ2v) is 7.12. The molecular weight excluding hydrogens is 344 g/mol. The van der Waals surface area contributed by atoms with E-state index >= 15 is 0 Å². The zero-order valence-corrected chi connectivity index (χ0v) is 15.6. The van der Waals surface area contributed by atoms with Crippen molar-refractivity contribution >= 4 is 22.8 Å². The van der Waals surface area contributed by atoms with Crippen molar-refractivity contribution in [3.05, 3.63) is 35.1 Å². The number of nitrogens with zero attached hydrogens (tertiary/aromatic N) is 6. The van der Waals surface area contributed by atoms with Gasteiger partial charge in [-0.3, -0.25) is 4.79 Å². The number of rotatable bonds is 5. The van der Waals surface area contributed by atoms with Gasteiger partial charge in [0.25, 0.3) is 5.56 Å². The molecular formula is C18H24N8O. The monoisotopic (exact) mass is 368 g/mol. The number of imidazole rings is 1. The maximum Gasteiger partial charge on any atom is 0.267 e. The molecule has 2 N–H and O–H groups in total. The highest BCUT2D eigenvalue weighted by atomic mass is 16.1. The van der Waals surface area contributed by atoms with Crippen molar-refractivity contribution in [1.29, 1.82) is 0 Å². The normalized spacial score (nSPS) is 17.6. The predicted octanol–water partition coefficient (Wildman–Crippen LogP) is 1.96. The van der Waals surface area contributed by atoms with Crippen LogP contribution in [0.15, 0.2) is 29.6 Å². The number of aromatic amines is 1. The molecule has 9 heteroatoms. The van der Waals surface area contributed by atoms with Crippen molar-refractivity contribution in [2.24, 2.45) is 0 Å². The largest absolute Gasteiger partial charge is 0.366 e. The Morgan fingerprint density at radius 1 is 1.26 bits per heavy atom. The van der Waals surface area contributed by atoms with Crippen molar-refractivity contribution < 1.29 is 0 Å². The van der Waals surface area contributed by atoms with Gasteiger partial charge in [0.15, 0.2) is 11.5 Å². The smallest absolute Gasteiger partial charge is 0.267 e. The lowest BCUT2D eigenvalue weighted by atomic mass is 10.0. The van der Waals surface area contributed by atoms with Gasteiger partial charge in [-0.15, -0.1) is 0 Å². The van der Waals surface area contributed by atoms with Crippen molar-refractivity contribution in [2.45, 2.75) is 45.2 Å². The maximum atomic E-state index is 12.0. The molecule has 142 valence electrons. The van der Waals surface area contributed by atoms with E-state index in [4.69, 9.17) is 0 Å². The molecule has 0 aliphatic carbocycles. The second kappa shape index (κ2) is 7.34. The first kappa shape index (κ1) is 17.4. The summed E-state index contributed by atoms with van der Waals surface area (Å²) in [5.41, 5.74) is 1.40. The molecule has 4 heterocycles. The van der Waals surface area contributed by atoms with Gasteiger partial charge in [-0.25, -0.2) is 19.6 Å². The highest BCUT2D eigenvalue weighted by Crippen LogP contribution is 2.24. The summed E-state index contributed by atoms with van der Waals surface area (Å²) < 4.78 is 1.55. The lowest BCUT2D eigenvalue weighted by molar-refractivity contribution is 0.451. The van der Waals surface area contributed by atoms with Crippen molar-refractivity contribution in [2.75, 3.05) is 23.3 Å². The van der Waals surface area contributed by atoms with Crippen LogP contribution in [-0.4, -0.2) is 48.8 Å². The Hall–Kier alpha value is -2.97. The molecule has 3 aromatic rings. The van der Waals surface area contributed by atoms with Crippen LogP contribution in [0.2, 0.25) is 0 Å². The summed E-state index contributed by atoms with van der Waals surface area (Å²) in [7, 11) is 0. The molecule has 1 aliphatic heterocycles. The molecule has 9 nitrogen and oxygen atoms in total. The zero-order valence-electron chi connectivity index (χ0n) is 15.6. The average molecular weight is 368 g/mol. The molecule has 0 saturated carbocycles. The predicted molar refractivity (Wildman–Crippen MR) is 104 cm³/mol. The number of anilines is 2. The second-order valence-electron chi connectivity index (χ2n) is 7.12. The van der Waals surface area contributed by atoms with E-state index in [1.54, 1.807) is 17.1 Å². The Bertz CT molecular complexity index is 979. The summed E-state index contributed by atoms with van der Waals surface area (Å²) in [4.78, 5) is 30.1. The minimum absolute atomic E-state index is 0.0356. The van der Waals surface area contributed by atoms with Gasteiger partial charge >= 0.3 is 0 Å². The summed E-state index contributed by atoms with van der Waals surface area (Å²) in [6, 6.07) is 3.75. The Morgan fingerprint density at radius 2 is 2.15 bits per heavy atom. The summed E-state index contributed by atoms with van der Waals surface area (Å²) >= 11 is 0. The van der Waals surface area contributed by atoms with Crippen LogP contribution in [0, 0.1) is 0 Å². The first-order chi connectivity index (χ1) is 13.1. The van der Waals surface area contributed by atoms with Gasteiger partial charge in [-0.2, -0.15) is 5.10 Å². The fourth-order valence-electron chi connectivity index (χ4n) is 3.57. The molecule has 4 rings (SSSR count). The van der Waals surface area contributed by atoms with Crippen molar-refractivity contribution in [3.8, 4) is 0 Å². The molecule has 1 aliphatic rings. The van der Waals surface area contributed by atoms with Gasteiger partial charge in [0, 0.05) is 25.2 Å². The molecule has 1 unspecified atom stereocenters. The molecule has 1 atom stereocenters. The highest BCUT2D eigenvalue weighted by Gasteiger charge is 2.24. The van der Waals surface area contributed by atoms with Crippen LogP contribution >= 0.6 is 0 Å². The fraction of sp³-hybridized carbons (Fsp3) is 0.500. The first-order valence-electron chi connectivity index (χ1n) is 9.38. The molecule has 0 amide bonds. The van der Waals surface area contributed by atoms with Crippen molar-refractivity contribution in [1.82, 2.24) is 29.7 Å². The molecule has 1 saturated heterocycles. The quantitative estimate of drug-likeness (QED) is 0.709. The van der Waals surface area contributed by atoms with E-state index in [1.807, 2.05) is 19.9 Å². The van der Waals surface area contributed by atoms with E-state index in [0.29, 0.717) is 5.65 Å². The molecule has 0 bridgehead atoms. The minimum atomic E-state index is -0.0666. The Morgan fingerprint density at radius 3 is 3.00 bits per heavy atom. The van der Waals surface area contributed by atoms with Crippen LogP contribution in [-0.2, 0) is 0 Å². The van der Waals surface area contributed by atoms with Crippen LogP contribution in [0.25, 0.3) is 11.2 Å². The third-order valence-electron chi connectivity index (χ3n) is 4.95. The number of nitrogens with one attached hydrogen (secondary N) is 2. The number of fused-ring (bicyclic) bond motifs is 1. The molecule has 3 aromatic heterocycles. The standard InChI is InChI=1S/C18H24N8O/c1-12(2)26-15(27)7-6-14(24-26)25-8-4-3-5-13(25)9-19-17-16-18(21-10-20-16)23-11-22-17/h6-7,10-13H,3-5,8-9H2,1-2H3,(H2,19,20,21,22,23). The van der Waals surface area contributed by atoms with Crippen molar-refractivity contribution in [3.63, 3.8) is 0 Å². The first-order valence-corrected chi connectivity index (χ1v) is 9.38. The molecule has 1 fully saturated rings. The topological polar surface area (TPSA) is 105 Å². The number of aromatic nitrogens is 6. The zero-order chi connectivity index (χ0) is 18.8. The molecule has 27 heavy (non-hydrogen) atoms. The summed E-state index contributed by atoms with van der Waals surface area (Å²) in [5.74, 6) is 1.60. The van der Waals surface area contributed by atoms with Gasteiger partial charge < -0.3 is 15.2 Å². The van der Waals surface area contributed by atoms with Gasteiger partial charge in [0.1, 0.15) is 17.7 Å². The van der Waals surface area contributed by atoms with Crippen LogP contribution < -0.4 is 15.8 Å². The maximum absolute atomic E-state index is 12.0. The van der Waals surface area contributed by atoms with Gasteiger partial charge in [-0.05, 0) is 39.2 Å². The fourth-order valence-corrected chi connectivity index (χ4v) is 3.57. The van der Waals surface area contributed by atoms with Gasteiger partial charge in [0.05, 0.1) is 12.4 Å². The number of H-pyrrole nitrogens is 1. The van der Waals surface area contributed by atoms with E-state index in [2.05, 4.69) is 35.3 Å². The van der Waals surface area contributed by atoms with Crippen LogP contribution in [0.5, 0.6) is 0 Å². The van der Waals surface area contributed by atoms with E-state index in [1.165, 1.54) is 12.7 Å². The third-order valence-corrected chi connectivity index (χ3v) is 4.95. The number of piperidine rings is 1. The summed E-state index contributed by atoms with van der Waals surface area (Å²) in [6.07, 6.45) is 6.50. The molecule has 0 aromatic carbocycles. The lowest BCUT2D eigenvalue weighted by Gasteiger charge is -2.37. The Labute approximate surface area is 156 Å². The Kier molecular flexibility index (Phi) is 4.74. The van der Waals surface area contributed by atoms with E-state index in [0.717, 1.165) is 43.1 Å². The minimum Gasteiger partial charge on any atom is -0.366 e. The van der Waals surface area contributed by atoms with E-state index in [9.17, 15) is 4.79 Å². The van der Waals surface area contributed by atoms with E-state index < -0.39 is 0 Å². The Balaban J connectivity index is 1.55. The lowest BCUT2D eigenvalue weighted by Crippen LogP contribution is -2.45. The van der Waals surface area contributed by atoms with Gasteiger partial charge in [-0.1, -0.05) is 0 Å². The molecule has 0 radical (unpaired) electrons. The average Bonchev–Trinajstić information content (AvgIpc) is 3.16. The highest BCUT2D eigenvalue weighted by molar-refractivity contribution is 5.81. The number of hydrogen-bond acceptors (Lipinski definition) is 7. The van der Waals surface area contributed by atoms with Crippen LogP contribution in [0.1, 0.15) is 39.2 Å². The van der Waals surface area contributed by atoms with E-state index in [-0.39, 0.29) is 17.6 Å². The van der Waals surface area contributed by atoms with Crippen LogP contribution in [0.4, 0.5) is 11.6 Å². The van der Waals surface area contributed by atoms with Gasteiger partial charge in [0.2, 0.25) is 0 Å². The summed E-state index contributed by atoms with van der Waals surface area (Å²) in [6.45, 7) is 5.60. The number of hydrogen-bond donors (Lipinski definition) is 2. The summed E-state index contributed by atoms with van der Waals surface area (Å²) in [5, 5.41) is 8.03.